The van der Waals surface area contributed by atoms with Crippen molar-refractivity contribution in [2.24, 2.45) is 46.3 Å². The van der Waals surface area contributed by atoms with Gasteiger partial charge in [0.05, 0.1) is 0 Å². The lowest BCUT2D eigenvalue weighted by molar-refractivity contribution is -0.130. The van der Waals surface area contributed by atoms with Crippen LogP contribution in [-0.4, -0.2) is 13.1 Å². The predicted octanol–water partition coefficient (Wildman–Crippen LogP) is 10.0. The van der Waals surface area contributed by atoms with Crippen LogP contribution in [0.3, 0.4) is 0 Å². The van der Waals surface area contributed by atoms with Crippen molar-refractivity contribution in [1.82, 2.24) is 5.32 Å². The second kappa shape index (κ2) is 12.0. The first-order valence-corrected chi connectivity index (χ1v) is 16.0. The summed E-state index contributed by atoms with van der Waals surface area (Å²) in [4.78, 5) is 0. The minimum Gasteiger partial charge on any atom is -0.317 e. The third kappa shape index (κ3) is 5.64. The molecule has 1 N–H and O–H groups in total. The van der Waals surface area contributed by atoms with Crippen molar-refractivity contribution in [3.05, 3.63) is 41.5 Å². The summed E-state index contributed by atoms with van der Waals surface area (Å²) in [5.41, 5.74) is 5.11. The van der Waals surface area contributed by atoms with Crippen molar-refractivity contribution >= 4 is 6.08 Å². The van der Waals surface area contributed by atoms with Crippen LogP contribution in [0.1, 0.15) is 121 Å². The third-order valence-electron chi connectivity index (χ3n) is 12.5. The molecular formula is C36H59N. The lowest BCUT2D eigenvalue weighted by Gasteiger charge is -2.62. The van der Waals surface area contributed by atoms with E-state index in [-0.39, 0.29) is 0 Å². The Morgan fingerprint density at radius 1 is 0.973 bits per heavy atom. The van der Waals surface area contributed by atoms with Crippen LogP contribution in [0.5, 0.6) is 0 Å². The van der Waals surface area contributed by atoms with Gasteiger partial charge >= 0.3 is 0 Å². The zero-order chi connectivity index (χ0) is 26.8. The van der Waals surface area contributed by atoms with Crippen LogP contribution in [-0.2, 0) is 0 Å². The molecular weight excluding hydrogens is 446 g/mol. The fourth-order valence-electron chi connectivity index (χ4n) is 10.3. The van der Waals surface area contributed by atoms with E-state index in [1.54, 1.807) is 32.1 Å². The number of unbranched alkanes of at least 4 members (excludes halogenated alkanes) is 1. The lowest BCUT2D eigenvalue weighted by atomic mass is 9.43. The molecule has 0 radical (unpaired) electrons. The van der Waals surface area contributed by atoms with E-state index >= 15 is 0 Å². The van der Waals surface area contributed by atoms with Crippen LogP contribution in [0.15, 0.2) is 24.8 Å². The van der Waals surface area contributed by atoms with Gasteiger partial charge in [-0.3, -0.25) is 0 Å². The monoisotopic (exact) mass is 505 g/mol. The van der Waals surface area contributed by atoms with Crippen LogP contribution in [0.4, 0.5) is 0 Å². The van der Waals surface area contributed by atoms with E-state index < -0.39 is 0 Å². The molecule has 0 amide bonds. The standard InChI is InChI=1S/C26H47N.C10H12/c1-6-7-8-19-9-11-22-20(17-19)10-12-23-24-14-13-21(18(2)27-5)25(24,3)15-16-26(22,23)4;1-4-10-6-5-8(2)7-9(10)3/h18-24,27H,6-17H2,1-5H3;4-7H,1H2,2-3H3. The second-order valence-electron chi connectivity index (χ2n) is 14.3. The number of benzene rings is 1. The third-order valence-corrected chi connectivity index (χ3v) is 12.5. The Balaban J connectivity index is 0.000000270. The maximum absolute atomic E-state index is 3.72. The molecule has 0 heterocycles. The molecule has 1 heteroatoms. The first-order valence-electron chi connectivity index (χ1n) is 16.0. The Bertz CT molecular complexity index is 902. The van der Waals surface area contributed by atoms with Gasteiger partial charge in [-0.1, -0.05) is 82.9 Å². The molecule has 0 aliphatic heterocycles. The molecule has 37 heavy (non-hydrogen) atoms. The SMILES string of the molecule is C=Cc1ccc(C)cc1C.CCCCC1CCC2C(CCC3C4CCC(C(C)NC)C4(C)CCC23C)C1. The van der Waals surface area contributed by atoms with E-state index in [1.165, 1.54) is 61.6 Å². The maximum Gasteiger partial charge on any atom is 0.00693 e. The fourth-order valence-corrected chi connectivity index (χ4v) is 10.3. The van der Waals surface area contributed by atoms with Gasteiger partial charge in [-0.05, 0) is 137 Å². The smallest absolute Gasteiger partial charge is 0.00693 e. The fraction of sp³-hybridized carbons (Fsp3) is 0.778. The van der Waals surface area contributed by atoms with Gasteiger partial charge in [0, 0.05) is 6.04 Å². The summed E-state index contributed by atoms with van der Waals surface area (Å²) < 4.78 is 0. The van der Waals surface area contributed by atoms with Crippen molar-refractivity contribution < 1.29 is 0 Å². The van der Waals surface area contributed by atoms with Gasteiger partial charge in [-0.25, -0.2) is 0 Å². The van der Waals surface area contributed by atoms with Crippen molar-refractivity contribution in [2.75, 3.05) is 7.05 Å². The number of nitrogens with one attached hydrogen (secondary N) is 1. The van der Waals surface area contributed by atoms with Gasteiger partial charge in [-0.2, -0.15) is 0 Å². The van der Waals surface area contributed by atoms with Gasteiger partial charge in [0.15, 0.2) is 0 Å². The Kier molecular flexibility index (Phi) is 9.36. The lowest BCUT2D eigenvalue weighted by Crippen LogP contribution is -2.55. The molecule has 1 nitrogen and oxygen atoms in total. The predicted molar refractivity (Wildman–Crippen MR) is 163 cm³/mol. The van der Waals surface area contributed by atoms with E-state index in [2.05, 4.69) is 78.7 Å². The van der Waals surface area contributed by atoms with Gasteiger partial charge in [0.1, 0.15) is 0 Å². The highest BCUT2D eigenvalue weighted by Crippen LogP contribution is 2.69. The molecule has 4 fully saturated rings. The molecule has 0 spiro atoms. The zero-order valence-electron chi connectivity index (χ0n) is 25.5. The van der Waals surface area contributed by atoms with Crippen LogP contribution < -0.4 is 5.32 Å². The average molecular weight is 506 g/mol. The molecule has 1 aromatic carbocycles. The summed E-state index contributed by atoms with van der Waals surface area (Å²) in [6.07, 6.45) is 20.1. The van der Waals surface area contributed by atoms with Gasteiger partial charge in [0.25, 0.3) is 0 Å². The Hall–Kier alpha value is -1.08. The van der Waals surface area contributed by atoms with E-state index in [0.717, 1.165) is 35.5 Å². The zero-order valence-corrected chi connectivity index (χ0v) is 25.5. The van der Waals surface area contributed by atoms with Crippen LogP contribution in [0, 0.1) is 60.2 Å². The Labute approximate surface area is 230 Å². The highest BCUT2D eigenvalue weighted by Gasteiger charge is 2.61. The summed E-state index contributed by atoms with van der Waals surface area (Å²) >= 11 is 0. The normalized spacial score (nSPS) is 39.4. The second-order valence-corrected chi connectivity index (χ2v) is 14.3. The van der Waals surface area contributed by atoms with Crippen molar-refractivity contribution in [3.8, 4) is 0 Å². The summed E-state index contributed by atoms with van der Waals surface area (Å²) in [6, 6.07) is 7.05. The number of hydrogen-bond donors (Lipinski definition) is 1. The molecule has 5 rings (SSSR count). The number of rotatable bonds is 6. The maximum atomic E-state index is 3.72. The van der Waals surface area contributed by atoms with E-state index in [9.17, 15) is 0 Å². The summed E-state index contributed by atoms with van der Waals surface area (Å²) in [5, 5.41) is 3.61. The van der Waals surface area contributed by atoms with Crippen LogP contribution >= 0.6 is 0 Å². The van der Waals surface area contributed by atoms with Crippen LogP contribution in [0.25, 0.3) is 6.08 Å². The molecule has 0 aromatic heterocycles. The molecule has 9 atom stereocenters. The van der Waals surface area contributed by atoms with E-state index in [0.29, 0.717) is 16.9 Å². The average Bonchev–Trinajstić information content (AvgIpc) is 3.24. The summed E-state index contributed by atoms with van der Waals surface area (Å²) in [5.74, 6) is 6.13. The minimum absolute atomic E-state index is 0.609. The molecule has 9 unspecified atom stereocenters. The van der Waals surface area contributed by atoms with Crippen molar-refractivity contribution in [3.63, 3.8) is 0 Å². The molecule has 4 saturated carbocycles. The number of aryl methyl sites for hydroxylation is 2. The van der Waals surface area contributed by atoms with Gasteiger partial charge < -0.3 is 5.32 Å². The highest BCUT2D eigenvalue weighted by atomic mass is 14.9. The Morgan fingerprint density at radius 3 is 2.32 bits per heavy atom. The largest absolute Gasteiger partial charge is 0.317 e. The molecule has 4 aliphatic carbocycles. The molecule has 208 valence electrons. The van der Waals surface area contributed by atoms with E-state index in [1.807, 2.05) is 6.08 Å². The molecule has 1 aromatic rings. The van der Waals surface area contributed by atoms with Crippen LogP contribution in [0.2, 0.25) is 0 Å². The van der Waals surface area contributed by atoms with Gasteiger partial charge in [-0.15, -0.1) is 0 Å². The summed E-state index contributed by atoms with van der Waals surface area (Å²) in [6.45, 7) is 18.2. The number of hydrogen-bond acceptors (Lipinski definition) is 1. The first kappa shape index (κ1) is 28.9. The quantitative estimate of drug-likeness (QED) is 0.405. The topological polar surface area (TPSA) is 12.0 Å². The van der Waals surface area contributed by atoms with Gasteiger partial charge in [0.2, 0.25) is 0 Å². The molecule has 0 bridgehead atoms. The molecule has 0 saturated heterocycles. The van der Waals surface area contributed by atoms with Crippen molar-refractivity contribution in [2.45, 2.75) is 125 Å². The number of fused-ring (bicyclic) bond motifs is 5. The minimum atomic E-state index is 0.609. The highest BCUT2D eigenvalue weighted by molar-refractivity contribution is 5.52. The van der Waals surface area contributed by atoms with Crippen molar-refractivity contribution in [1.29, 1.82) is 0 Å². The molecule has 4 aliphatic rings. The Morgan fingerprint density at radius 2 is 1.65 bits per heavy atom. The summed E-state index contributed by atoms with van der Waals surface area (Å²) in [7, 11) is 2.18. The first-order chi connectivity index (χ1) is 17.7. The van der Waals surface area contributed by atoms with E-state index in [4.69, 9.17) is 0 Å².